The van der Waals surface area contributed by atoms with Crippen LogP contribution in [0.15, 0.2) is 0 Å². The Kier molecular flexibility index (Phi) is 4.29. The number of rotatable bonds is 3. The standard InChI is InChI=1S/C8H13O5Si4/c1-2-4-8(7(3-1)9-8)5-6-17-12-15-10-14-11-16-13-17/h7H,1-6H2. The van der Waals surface area contributed by atoms with E-state index in [-0.39, 0.29) is 35.6 Å². The zero-order valence-corrected chi connectivity index (χ0v) is 13.4. The number of ether oxygens (including phenoxy) is 1. The van der Waals surface area contributed by atoms with E-state index in [4.69, 9.17) is 21.2 Å². The molecule has 0 aromatic heterocycles. The molecule has 2 heterocycles. The number of epoxide rings is 1. The monoisotopic (exact) mass is 301 g/mol. The first-order valence-corrected chi connectivity index (χ1v) is 9.80. The van der Waals surface area contributed by atoms with Crippen LogP contribution in [-0.2, 0) is 21.2 Å². The van der Waals surface area contributed by atoms with E-state index in [1.165, 1.54) is 25.7 Å². The molecule has 2 saturated heterocycles. The Morgan fingerprint density at radius 2 is 1.94 bits per heavy atom. The van der Waals surface area contributed by atoms with E-state index >= 15 is 0 Å². The molecule has 5 nitrogen and oxygen atoms in total. The van der Waals surface area contributed by atoms with Gasteiger partial charge in [0.15, 0.2) is 0 Å². The van der Waals surface area contributed by atoms with Crippen molar-refractivity contribution in [2.45, 2.75) is 49.9 Å². The maximum absolute atomic E-state index is 5.86. The minimum atomic E-state index is -1.22. The summed E-state index contributed by atoms with van der Waals surface area (Å²) in [5, 5.41) is 0. The van der Waals surface area contributed by atoms with Gasteiger partial charge in [-0.3, -0.25) is 0 Å². The Morgan fingerprint density at radius 3 is 2.71 bits per heavy atom. The second kappa shape index (κ2) is 5.75. The second-order valence-corrected chi connectivity index (χ2v) is 9.46. The Labute approximate surface area is 111 Å². The predicted octanol–water partition coefficient (Wildman–Crippen LogP) is 0.259. The van der Waals surface area contributed by atoms with Crippen LogP contribution in [0.1, 0.15) is 32.1 Å². The Morgan fingerprint density at radius 1 is 1.12 bits per heavy atom. The lowest BCUT2D eigenvalue weighted by molar-refractivity contribution is 0.269. The summed E-state index contributed by atoms with van der Waals surface area (Å²) in [5.41, 5.74) is 0.181. The van der Waals surface area contributed by atoms with Crippen molar-refractivity contribution < 1.29 is 21.2 Å². The molecule has 0 aromatic rings. The van der Waals surface area contributed by atoms with E-state index in [0.29, 0.717) is 6.10 Å². The molecule has 0 bridgehead atoms. The fourth-order valence-corrected chi connectivity index (χ4v) is 7.14. The lowest BCUT2D eigenvalue weighted by atomic mass is 9.87. The van der Waals surface area contributed by atoms with Gasteiger partial charge in [0, 0.05) is 0 Å². The van der Waals surface area contributed by atoms with E-state index in [1.807, 2.05) is 0 Å². The highest BCUT2D eigenvalue weighted by Gasteiger charge is 2.56. The van der Waals surface area contributed by atoms with Gasteiger partial charge in [-0.05, 0) is 25.3 Å². The molecule has 2 aliphatic heterocycles. The number of hydrogen-bond acceptors (Lipinski definition) is 5. The third kappa shape index (κ3) is 3.16. The molecule has 7 radical (unpaired) electrons. The predicted molar refractivity (Wildman–Crippen MR) is 62.9 cm³/mol. The van der Waals surface area contributed by atoms with Gasteiger partial charge in [0.2, 0.25) is 0 Å². The Hall–Kier alpha value is 0.668. The van der Waals surface area contributed by atoms with Gasteiger partial charge in [0.25, 0.3) is 0 Å². The van der Waals surface area contributed by atoms with E-state index < -0.39 is 9.28 Å². The third-order valence-corrected chi connectivity index (χ3v) is 7.93. The third-order valence-electron chi connectivity index (χ3n) is 3.45. The first kappa shape index (κ1) is 12.7. The molecule has 3 rings (SSSR count). The first-order chi connectivity index (χ1) is 8.39. The molecule has 0 amide bonds. The first-order valence-electron chi connectivity index (χ1n) is 5.83. The molecule has 1 saturated carbocycles. The van der Waals surface area contributed by atoms with E-state index in [2.05, 4.69) is 0 Å². The van der Waals surface area contributed by atoms with Gasteiger partial charge in [-0.15, -0.1) is 0 Å². The minimum Gasteiger partial charge on any atom is -0.413 e. The van der Waals surface area contributed by atoms with Crippen LogP contribution in [0.25, 0.3) is 0 Å². The molecule has 0 N–H and O–H groups in total. The highest BCUT2D eigenvalue weighted by Crippen LogP contribution is 2.50. The zero-order chi connectivity index (χ0) is 11.6. The molecule has 1 aliphatic carbocycles. The van der Waals surface area contributed by atoms with Crippen molar-refractivity contribution in [3.63, 3.8) is 0 Å². The lowest BCUT2D eigenvalue weighted by Crippen LogP contribution is -2.34. The van der Waals surface area contributed by atoms with Crippen molar-refractivity contribution in [1.82, 2.24) is 0 Å². The molecule has 2 atom stereocenters. The summed E-state index contributed by atoms with van der Waals surface area (Å²) >= 11 is 0. The van der Waals surface area contributed by atoms with Gasteiger partial charge in [-0.1, -0.05) is 12.8 Å². The largest absolute Gasteiger partial charge is 0.413 e. The van der Waals surface area contributed by atoms with E-state index in [1.54, 1.807) is 0 Å². The van der Waals surface area contributed by atoms with Crippen LogP contribution >= 0.6 is 0 Å². The van der Waals surface area contributed by atoms with Gasteiger partial charge in [-0.2, -0.15) is 0 Å². The van der Waals surface area contributed by atoms with Crippen molar-refractivity contribution >= 4 is 39.3 Å². The van der Waals surface area contributed by atoms with Crippen molar-refractivity contribution in [2.24, 2.45) is 0 Å². The SMILES string of the molecule is C1CCC2(CC[Si]3O[Si]O[Si]O[Si]O3)OC2C1. The molecule has 91 valence electrons. The van der Waals surface area contributed by atoms with Crippen molar-refractivity contribution in [1.29, 1.82) is 0 Å². The van der Waals surface area contributed by atoms with Gasteiger partial charge >= 0.3 is 39.3 Å². The molecule has 0 aromatic carbocycles. The quantitative estimate of drug-likeness (QED) is 0.553. The summed E-state index contributed by atoms with van der Waals surface area (Å²) in [6, 6.07) is 0.969. The average Bonchev–Trinajstić information content (AvgIpc) is 3.02. The lowest BCUT2D eigenvalue weighted by Gasteiger charge is -2.20. The molecule has 9 heteroatoms. The highest BCUT2D eigenvalue weighted by atomic mass is 28.4. The summed E-state index contributed by atoms with van der Waals surface area (Å²) in [4.78, 5) is 0. The Balaban J connectivity index is 1.43. The summed E-state index contributed by atoms with van der Waals surface area (Å²) < 4.78 is 27.4. The summed E-state index contributed by atoms with van der Waals surface area (Å²) in [6.07, 6.45) is 6.67. The van der Waals surface area contributed by atoms with Crippen LogP contribution in [0.5, 0.6) is 0 Å². The van der Waals surface area contributed by atoms with Gasteiger partial charge in [-0.25, -0.2) is 0 Å². The fraction of sp³-hybridized carbons (Fsp3) is 1.00. The van der Waals surface area contributed by atoms with E-state index in [9.17, 15) is 0 Å². The topological polar surface area (TPSA) is 49.5 Å². The Bertz CT molecular complexity index is 262. The van der Waals surface area contributed by atoms with Gasteiger partial charge in [0.05, 0.1) is 11.7 Å². The van der Waals surface area contributed by atoms with Crippen LogP contribution in [0.4, 0.5) is 0 Å². The van der Waals surface area contributed by atoms with E-state index in [0.717, 1.165) is 12.5 Å². The molecule has 0 spiro atoms. The number of hydrogen-bond donors (Lipinski definition) is 0. The molecule has 3 fully saturated rings. The van der Waals surface area contributed by atoms with Gasteiger partial charge < -0.3 is 21.2 Å². The summed E-state index contributed by atoms with van der Waals surface area (Å²) in [5.74, 6) is 0. The van der Waals surface area contributed by atoms with Crippen molar-refractivity contribution in [2.75, 3.05) is 0 Å². The highest BCUT2D eigenvalue weighted by molar-refractivity contribution is 6.60. The normalized spacial score (nSPS) is 39.2. The average molecular weight is 302 g/mol. The smallest absolute Gasteiger partial charge is 0.412 e. The van der Waals surface area contributed by atoms with Crippen LogP contribution in [0.3, 0.4) is 0 Å². The molecule has 3 aliphatic rings. The summed E-state index contributed by atoms with van der Waals surface area (Å²) in [7, 11) is -1.03. The van der Waals surface area contributed by atoms with Crippen LogP contribution in [0.2, 0.25) is 6.04 Å². The minimum absolute atomic E-state index is 0.0549. The molecular formula is C8H13O5Si4. The number of fused-ring (bicyclic) bond motifs is 1. The summed E-state index contributed by atoms with van der Waals surface area (Å²) in [6.45, 7) is 0. The maximum atomic E-state index is 5.86. The van der Waals surface area contributed by atoms with Crippen molar-refractivity contribution in [3.05, 3.63) is 0 Å². The molecule has 2 unspecified atom stereocenters. The second-order valence-electron chi connectivity index (χ2n) is 4.45. The van der Waals surface area contributed by atoms with Crippen LogP contribution in [-0.4, -0.2) is 51.0 Å². The van der Waals surface area contributed by atoms with Crippen LogP contribution in [0, 0.1) is 0 Å². The fourth-order valence-electron chi connectivity index (χ4n) is 2.52. The van der Waals surface area contributed by atoms with Gasteiger partial charge in [0.1, 0.15) is 0 Å². The van der Waals surface area contributed by atoms with Crippen molar-refractivity contribution in [3.8, 4) is 0 Å². The van der Waals surface area contributed by atoms with Crippen LogP contribution < -0.4 is 0 Å². The molecular weight excluding hydrogens is 288 g/mol. The maximum Gasteiger partial charge on any atom is 0.412 e. The zero-order valence-electron chi connectivity index (χ0n) is 9.36. The molecule has 17 heavy (non-hydrogen) atoms.